The number of nitrogens with one attached hydrogen (secondary N) is 1. The molecule has 1 heterocycles. The SMILES string of the molecule is CCCN(CCC)CCCN=C(NCC)N(C)CCC1CCOCC1.I. The average Bonchev–Trinajstić information content (AvgIpc) is 2.63. The Morgan fingerprint density at radius 3 is 2.27 bits per heavy atom. The molecule has 0 spiro atoms. The van der Waals surface area contributed by atoms with Crippen LogP contribution in [0.15, 0.2) is 4.99 Å². The molecular weight excluding hydrogens is 439 g/mol. The monoisotopic (exact) mass is 482 g/mol. The summed E-state index contributed by atoms with van der Waals surface area (Å²) in [6, 6.07) is 0. The normalized spacial score (nSPS) is 15.8. The summed E-state index contributed by atoms with van der Waals surface area (Å²) in [6.45, 7) is 15.0. The molecule has 1 rings (SSSR count). The molecule has 0 aromatic rings. The third kappa shape index (κ3) is 11.6. The molecule has 6 heteroatoms. The van der Waals surface area contributed by atoms with E-state index in [1.54, 1.807) is 0 Å². The van der Waals surface area contributed by atoms with Crippen LogP contribution in [-0.2, 0) is 4.74 Å². The van der Waals surface area contributed by atoms with Crippen LogP contribution in [0.2, 0.25) is 0 Å². The first-order valence-electron chi connectivity index (χ1n) is 10.5. The van der Waals surface area contributed by atoms with Gasteiger partial charge in [0.15, 0.2) is 5.96 Å². The molecule has 26 heavy (non-hydrogen) atoms. The van der Waals surface area contributed by atoms with Crippen LogP contribution in [0.4, 0.5) is 0 Å². The van der Waals surface area contributed by atoms with Gasteiger partial charge in [-0.2, -0.15) is 0 Å². The van der Waals surface area contributed by atoms with E-state index in [9.17, 15) is 0 Å². The molecule has 0 saturated carbocycles. The zero-order valence-electron chi connectivity index (χ0n) is 17.6. The van der Waals surface area contributed by atoms with Crippen molar-refractivity contribution < 1.29 is 4.74 Å². The second-order valence-corrected chi connectivity index (χ2v) is 7.20. The summed E-state index contributed by atoms with van der Waals surface area (Å²) in [7, 11) is 2.17. The first kappa shape index (κ1) is 25.9. The van der Waals surface area contributed by atoms with E-state index in [1.165, 1.54) is 45.2 Å². The van der Waals surface area contributed by atoms with Gasteiger partial charge < -0.3 is 19.9 Å². The van der Waals surface area contributed by atoms with Crippen molar-refractivity contribution in [1.29, 1.82) is 0 Å². The minimum absolute atomic E-state index is 0. The Balaban J connectivity index is 0.00000625. The number of halogens is 1. The molecule has 1 saturated heterocycles. The van der Waals surface area contributed by atoms with Crippen LogP contribution in [0.3, 0.4) is 0 Å². The average molecular weight is 482 g/mol. The summed E-state index contributed by atoms with van der Waals surface area (Å²) in [6.07, 6.45) is 7.29. The lowest BCUT2D eigenvalue weighted by molar-refractivity contribution is 0.0625. The summed E-state index contributed by atoms with van der Waals surface area (Å²) in [4.78, 5) is 9.72. The van der Waals surface area contributed by atoms with Crippen LogP contribution >= 0.6 is 24.0 Å². The molecule has 0 bridgehead atoms. The van der Waals surface area contributed by atoms with E-state index < -0.39 is 0 Å². The first-order valence-corrected chi connectivity index (χ1v) is 10.5. The highest BCUT2D eigenvalue weighted by Gasteiger charge is 2.15. The number of rotatable bonds is 12. The Morgan fingerprint density at radius 2 is 1.69 bits per heavy atom. The summed E-state index contributed by atoms with van der Waals surface area (Å²) >= 11 is 0. The molecule has 0 aromatic carbocycles. The third-order valence-electron chi connectivity index (χ3n) is 4.88. The summed E-state index contributed by atoms with van der Waals surface area (Å²) in [5, 5.41) is 3.45. The highest BCUT2D eigenvalue weighted by Crippen LogP contribution is 2.18. The van der Waals surface area contributed by atoms with Crippen molar-refractivity contribution in [3.8, 4) is 0 Å². The smallest absolute Gasteiger partial charge is 0.193 e. The van der Waals surface area contributed by atoms with Gasteiger partial charge in [0.25, 0.3) is 0 Å². The van der Waals surface area contributed by atoms with Gasteiger partial charge in [-0.15, -0.1) is 24.0 Å². The van der Waals surface area contributed by atoms with Gasteiger partial charge in [-0.25, -0.2) is 0 Å². The fourth-order valence-electron chi connectivity index (χ4n) is 3.43. The molecular formula is C20H43IN4O. The van der Waals surface area contributed by atoms with Crippen LogP contribution in [0.25, 0.3) is 0 Å². The maximum Gasteiger partial charge on any atom is 0.193 e. The molecule has 0 amide bonds. The minimum Gasteiger partial charge on any atom is -0.381 e. The van der Waals surface area contributed by atoms with Gasteiger partial charge in [0.2, 0.25) is 0 Å². The lowest BCUT2D eigenvalue weighted by Crippen LogP contribution is -2.40. The topological polar surface area (TPSA) is 40.1 Å². The highest BCUT2D eigenvalue weighted by atomic mass is 127. The maximum atomic E-state index is 5.46. The molecule has 1 aliphatic rings. The van der Waals surface area contributed by atoms with Crippen molar-refractivity contribution in [2.24, 2.45) is 10.9 Å². The molecule has 0 aromatic heterocycles. The minimum atomic E-state index is 0. The molecule has 0 unspecified atom stereocenters. The van der Waals surface area contributed by atoms with Crippen LogP contribution in [0.5, 0.6) is 0 Å². The van der Waals surface area contributed by atoms with Gasteiger partial charge >= 0.3 is 0 Å². The Labute approximate surface area is 179 Å². The van der Waals surface area contributed by atoms with Gasteiger partial charge in [0, 0.05) is 39.9 Å². The summed E-state index contributed by atoms with van der Waals surface area (Å²) < 4.78 is 5.46. The van der Waals surface area contributed by atoms with Gasteiger partial charge in [0.1, 0.15) is 0 Å². The number of aliphatic imine (C=N–C) groups is 1. The van der Waals surface area contributed by atoms with Gasteiger partial charge in [-0.1, -0.05) is 13.8 Å². The molecule has 5 nitrogen and oxygen atoms in total. The Hall–Kier alpha value is -0.0800. The zero-order valence-corrected chi connectivity index (χ0v) is 20.0. The van der Waals surface area contributed by atoms with Gasteiger partial charge in [0.05, 0.1) is 0 Å². The molecule has 0 atom stereocenters. The van der Waals surface area contributed by atoms with Gasteiger partial charge in [-0.3, -0.25) is 4.99 Å². The van der Waals surface area contributed by atoms with Crippen LogP contribution < -0.4 is 5.32 Å². The number of ether oxygens (including phenoxy) is 1. The molecule has 1 fully saturated rings. The fourth-order valence-corrected chi connectivity index (χ4v) is 3.43. The van der Waals surface area contributed by atoms with Crippen LogP contribution in [0, 0.1) is 5.92 Å². The third-order valence-corrected chi connectivity index (χ3v) is 4.88. The van der Waals surface area contributed by atoms with E-state index in [-0.39, 0.29) is 24.0 Å². The van der Waals surface area contributed by atoms with E-state index in [2.05, 4.69) is 42.9 Å². The van der Waals surface area contributed by atoms with E-state index >= 15 is 0 Å². The first-order chi connectivity index (χ1) is 12.2. The van der Waals surface area contributed by atoms with E-state index in [0.29, 0.717) is 0 Å². The standard InChI is InChI=1S/C20H42N4O.HI/c1-5-13-24(14-6-2)15-8-12-22-20(21-7-3)23(4)16-9-19-10-17-25-18-11-19;/h19H,5-18H2,1-4H3,(H,21,22);1H. The zero-order chi connectivity index (χ0) is 18.3. The van der Waals surface area contributed by atoms with E-state index in [0.717, 1.165) is 57.7 Å². The number of hydrogen-bond donors (Lipinski definition) is 1. The summed E-state index contributed by atoms with van der Waals surface area (Å²) in [5.41, 5.74) is 0. The Bertz CT molecular complexity index is 343. The molecule has 156 valence electrons. The second kappa shape index (κ2) is 17.0. The maximum absolute atomic E-state index is 5.46. The second-order valence-electron chi connectivity index (χ2n) is 7.20. The molecule has 0 aliphatic carbocycles. The Kier molecular flexibility index (Phi) is 17.0. The fraction of sp³-hybridized carbons (Fsp3) is 0.950. The molecule has 1 aliphatic heterocycles. The van der Waals surface area contributed by atoms with Gasteiger partial charge in [-0.05, 0) is 71.0 Å². The number of hydrogen-bond acceptors (Lipinski definition) is 3. The Morgan fingerprint density at radius 1 is 1.04 bits per heavy atom. The molecule has 0 radical (unpaired) electrons. The van der Waals surface area contributed by atoms with Crippen molar-refractivity contribution in [1.82, 2.24) is 15.1 Å². The number of nitrogens with zero attached hydrogens (tertiary/aromatic N) is 3. The quantitative estimate of drug-likeness (QED) is 0.199. The van der Waals surface area contributed by atoms with Crippen molar-refractivity contribution in [2.45, 2.75) is 59.3 Å². The van der Waals surface area contributed by atoms with Crippen molar-refractivity contribution in [3.05, 3.63) is 0 Å². The number of guanidine groups is 1. The van der Waals surface area contributed by atoms with Crippen LogP contribution in [-0.4, -0.2) is 75.3 Å². The van der Waals surface area contributed by atoms with Crippen LogP contribution in [0.1, 0.15) is 59.3 Å². The van der Waals surface area contributed by atoms with Crippen molar-refractivity contribution in [3.63, 3.8) is 0 Å². The highest BCUT2D eigenvalue weighted by molar-refractivity contribution is 14.0. The largest absolute Gasteiger partial charge is 0.381 e. The van der Waals surface area contributed by atoms with Crippen molar-refractivity contribution in [2.75, 3.05) is 59.5 Å². The predicted octanol–water partition coefficient (Wildman–Crippen LogP) is 3.83. The lowest BCUT2D eigenvalue weighted by Gasteiger charge is -2.27. The predicted molar refractivity (Wildman–Crippen MR) is 124 cm³/mol. The van der Waals surface area contributed by atoms with E-state index in [1.807, 2.05) is 0 Å². The van der Waals surface area contributed by atoms with Crippen molar-refractivity contribution >= 4 is 29.9 Å². The molecule has 1 N–H and O–H groups in total. The lowest BCUT2D eigenvalue weighted by atomic mass is 9.96. The van der Waals surface area contributed by atoms with E-state index in [4.69, 9.17) is 9.73 Å². The summed E-state index contributed by atoms with van der Waals surface area (Å²) in [5.74, 6) is 1.88.